The quantitative estimate of drug-likeness (QED) is 0.370. The molecule has 2 saturated heterocycles. The van der Waals surface area contributed by atoms with Gasteiger partial charge in [0, 0.05) is 49.7 Å². The number of aromatic nitrogens is 1. The molecule has 2 N–H and O–H groups in total. The third-order valence-corrected chi connectivity index (χ3v) is 6.68. The van der Waals surface area contributed by atoms with E-state index in [0.717, 1.165) is 5.69 Å². The molecule has 1 amide bonds. The molecule has 0 aliphatic carbocycles. The Morgan fingerprint density at radius 2 is 1.97 bits per heavy atom. The first kappa shape index (κ1) is 24.2. The van der Waals surface area contributed by atoms with Crippen LogP contribution in [-0.2, 0) is 4.79 Å². The minimum Gasteiger partial charge on any atom is -0.369 e. The lowest BCUT2D eigenvalue weighted by atomic mass is 9.85. The Morgan fingerprint density at radius 1 is 1.24 bits per heavy atom. The lowest BCUT2D eigenvalue weighted by Crippen LogP contribution is -2.58. The maximum Gasteiger partial charge on any atom is 0.449 e. The molecule has 0 bridgehead atoms. The molecule has 2 aliphatic heterocycles. The molecular formula is C22H23ClF4N6O. The molecule has 7 nitrogen and oxygen atoms in total. The molecule has 4 rings (SSSR count). The summed E-state index contributed by atoms with van der Waals surface area (Å²) in [6.07, 6.45) is -2.87. The fourth-order valence-electron chi connectivity index (χ4n) is 4.69. The van der Waals surface area contributed by atoms with Crippen molar-refractivity contribution in [2.45, 2.75) is 19.5 Å². The maximum absolute atomic E-state index is 13.6. The number of benzene rings is 1. The van der Waals surface area contributed by atoms with E-state index in [-0.39, 0.29) is 37.4 Å². The van der Waals surface area contributed by atoms with Crippen LogP contribution in [0.15, 0.2) is 24.4 Å². The van der Waals surface area contributed by atoms with Gasteiger partial charge in [-0.05, 0) is 24.5 Å². The third kappa shape index (κ3) is 4.53. The van der Waals surface area contributed by atoms with Crippen molar-refractivity contribution < 1.29 is 22.4 Å². The van der Waals surface area contributed by atoms with Crippen LogP contribution in [0.2, 0.25) is 5.02 Å². The van der Waals surface area contributed by atoms with Crippen molar-refractivity contribution in [2.75, 3.05) is 37.6 Å². The SMILES string of the molecule is CC1CN(c2c(Cl)cnc3cc(F)ccc23)CCC1C(=O)N1CCN(C(=N)C(F)(F)F)C(=N)C1. The van der Waals surface area contributed by atoms with Gasteiger partial charge in [-0.15, -0.1) is 0 Å². The fourth-order valence-corrected chi connectivity index (χ4v) is 4.96. The molecule has 0 spiro atoms. The van der Waals surface area contributed by atoms with Crippen LogP contribution in [0, 0.1) is 28.5 Å². The van der Waals surface area contributed by atoms with E-state index >= 15 is 0 Å². The molecule has 2 fully saturated rings. The molecule has 1 aromatic heterocycles. The lowest BCUT2D eigenvalue weighted by molar-refractivity contribution is -0.137. The highest BCUT2D eigenvalue weighted by atomic mass is 35.5. The normalized spacial score (nSPS) is 21.8. The summed E-state index contributed by atoms with van der Waals surface area (Å²) in [6, 6.07) is 4.31. The van der Waals surface area contributed by atoms with Crippen LogP contribution in [0.25, 0.3) is 10.9 Å². The number of halogens is 5. The fraction of sp³-hybridized carbons (Fsp3) is 0.455. The van der Waals surface area contributed by atoms with Crippen molar-refractivity contribution in [3.8, 4) is 0 Å². The topological polar surface area (TPSA) is 87.4 Å². The second kappa shape index (κ2) is 9.01. The summed E-state index contributed by atoms with van der Waals surface area (Å²) >= 11 is 6.43. The first-order chi connectivity index (χ1) is 16.0. The number of nitrogens with one attached hydrogen (secondary N) is 2. The number of piperazine rings is 1. The average Bonchev–Trinajstić information content (AvgIpc) is 2.77. The van der Waals surface area contributed by atoms with Gasteiger partial charge in [0.2, 0.25) is 11.7 Å². The molecule has 2 unspecified atom stereocenters. The van der Waals surface area contributed by atoms with E-state index in [1.165, 1.54) is 23.2 Å². The zero-order valence-corrected chi connectivity index (χ0v) is 19.0. The zero-order valence-electron chi connectivity index (χ0n) is 18.3. The predicted octanol–water partition coefficient (Wildman–Crippen LogP) is 4.15. The van der Waals surface area contributed by atoms with Gasteiger partial charge in [0.1, 0.15) is 11.7 Å². The number of pyridine rings is 1. The minimum absolute atomic E-state index is 0.0129. The van der Waals surface area contributed by atoms with Crippen molar-refractivity contribution in [1.82, 2.24) is 14.8 Å². The Balaban J connectivity index is 1.45. The number of fused-ring (bicyclic) bond motifs is 1. The van der Waals surface area contributed by atoms with Crippen molar-refractivity contribution in [3.63, 3.8) is 0 Å². The van der Waals surface area contributed by atoms with Gasteiger partial charge < -0.3 is 14.7 Å². The van der Waals surface area contributed by atoms with Gasteiger partial charge in [0.25, 0.3) is 0 Å². The van der Waals surface area contributed by atoms with Crippen molar-refractivity contribution >= 4 is 45.8 Å². The number of amides is 1. The molecule has 2 atom stereocenters. The first-order valence-electron chi connectivity index (χ1n) is 10.8. The van der Waals surface area contributed by atoms with Crippen LogP contribution in [-0.4, -0.2) is 71.3 Å². The summed E-state index contributed by atoms with van der Waals surface area (Å²) in [4.78, 5) is 21.4. The molecule has 182 valence electrons. The van der Waals surface area contributed by atoms with E-state index in [1.54, 1.807) is 6.07 Å². The highest BCUT2D eigenvalue weighted by Gasteiger charge is 2.43. The molecule has 2 aromatic rings. The molecule has 2 aliphatic rings. The molecule has 12 heteroatoms. The number of amidine groups is 2. The summed E-state index contributed by atoms with van der Waals surface area (Å²) in [5.74, 6) is -3.07. The van der Waals surface area contributed by atoms with Crippen LogP contribution in [0.3, 0.4) is 0 Å². The van der Waals surface area contributed by atoms with Crippen LogP contribution in [0.4, 0.5) is 23.2 Å². The molecule has 1 aromatic carbocycles. The lowest BCUT2D eigenvalue weighted by Gasteiger charge is -2.42. The van der Waals surface area contributed by atoms with E-state index in [1.807, 2.05) is 11.8 Å². The van der Waals surface area contributed by atoms with Crippen LogP contribution in [0.1, 0.15) is 13.3 Å². The number of alkyl halides is 3. The summed E-state index contributed by atoms with van der Waals surface area (Å²) in [6.45, 7) is 2.43. The zero-order chi connectivity index (χ0) is 24.8. The summed E-state index contributed by atoms with van der Waals surface area (Å²) in [5, 5.41) is 16.3. The van der Waals surface area contributed by atoms with Gasteiger partial charge in [0.15, 0.2) is 0 Å². The van der Waals surface area contributed by atoms with E-state index in [0.29, 0.717) is 40.3 Å². The van der Waals surface area contributed by atoms with Crippen molar-refractivity contribution in [1.29, 1.82) is 10.8 Å². The monoisotopic (exact) mass is 498 g/mol. The Morgan fingerprint density at radius 3 is 2.62 bits per heavy atom. The van der Waals surface area contributed by atoms with Crippen LogP contribution in [0.5, 0.6) is 0 Å². The van der Waals surface area contributed by atoms with Crippen LogP contribution < -0.4 is 4.90 Å². The number of carbonyl (C=O) groups excluding carboxylic acids is 1. The second-order valence-corrected chi connectivity index (χ2v) is 9.05. The molecule has 34 heavy (non-hydrogen) atoms. The Kier molecular flexibility index (Phi) is 6.41. The number of anilines is 1. The highest BCUT2D eigenvalue weighted by Crippen LogP contribution is 2.37. The van der Waals surface area contributed by atoms with Gasteiger partial charge in [-0.2, -0.15) is 13.2 Å². The number of hydrogen-bond donors (Lipinski definition) is 2. The summed E-state index contributed by atoms with van der Waals surface area (Å²) < 4.78 is 52.2. The molecule has 3 heterocycles. The molecular weight excluding hydrogens is 476 g/mol. The second-order valence-electron chi connectivity index (χ2n) is 8.64. The number of piperidine rings is 1. The highest BCUT2D eigenvalue weighted by molar-refractivity contribution is 6.34. The van der Waals surface area contributed by atoms with E-state index in [2.05, 4.69) is 4.98 Å². The van der Waals surface area contributed by atoms with E-state index in [4.69, 9.17) is 22.4 Å². The minimum atomic E-state index is -4.84. The maximum atomic E-state index is 13.6. The van der Waals surface area contributed by atoms with E-state index < -0.39 is 23.7 Å². The van der Waals surface area contributed by atoms with Gasteiger partial charge in [-0.3, -0.25) is 20.6 Å². The van der Waals surface area contributed by atoms with Gasteiger partial charge >= 0.3 is 6.18 Å². The van der Waals surface area contributed by atoms with Crippen molar-refractivity contribution in [2.24, 2.45) is 11.8 Å². The Bertz CT molecular complexity index is 1160. The predicted molar refractivity (Wildman–Crippen MR) is 121 cm³/mol. The van der Waals surface area contributed by atoms with Gasteiger partial charge in [0.05, 0.1) is 22.8 Å². The number of nitrogens with zero attached hydrogens (tertiary/aromatic N) is 4. The first-order valence-corrected chi connectivity index (χ1v) is 11.1. The summed E-state index contributed by atoms with van der Waals surface area (Å²) in [7, 11) is 0. The Labute approximate surface area is 198 Å². The Hall–Kier alpha value is -2.95. The number of carbonyl (C=O) groups is 1. The van der Waals surface area contributed by atoms with E-state index in [9.17, 15) is 22.4 Å². The van der Waals surface area contributed by atoms with Gasteiger partial charge in [-0.25, -0.2) is 4.39 Å². The summed E-state index contributed by atoms with van der Waals surface area (Å²) in [5.41, 5.74) is 1.21. The number of rotatable bonds is 2. The van der Waals surface area contributed by atoms with Crippen LogP contribution >= 0.6 is 11.6 Å². The molecule has 0 radical (unpaired) electrons. The molecule has 0 saturated carbocycles. The van der Waals surface area contributed by atoms with Crippen molar-refractivity contribution in [3.05, 3.63) is 35.2 Å². The van der Waals surface area contributed by atoms with Gasteiger partial charge in [-0.1, -0.05) is 18.5 Å². The number of hydrogen-bond acceptors (Lipinski definition) is 5. The largest absolute Gasteiger partial charge is 0.449 e. The average molecular weight is 499 g/mol. The third-order valence-electron chi connectivity index (χ3n) is 6.41. The smallest absolute Gasteiger partial charge is 0.369 e. The standard InChI is InChI=1S/C22H23ClF4N6O/c1-12-10-31(19-15-3-2-13(24)8-17(15)30-9-16(19)23)5-4-14(12)20(34)32-6-7-33(18(28)11-32)21(29)22(25,26)27/h2-3,8-9,12,14,28-29H,4-7,10-11H2,1H3.